The van der Waals surface area contributed by atoms with Gasteiger partial charge < -0.3 is 34.9 Å². The van der Waals surface area contributed by atoms with Crippen LogP contribution in [0.25, 0.3) is 21.6 Å². The number of ether oxygens (including phenoxy) is 4. The number of nitrogens with zero attached hydrogens (tertiary/aromatic N) is 1. The Hall–Kier alpha value is -5.27. The Kier molecular flexibility index (Phi) is 13.3. The van der Waals surface area contributed by atoms with Crippen LogP contribution in [0, 0.1) is 0 Å². The quantitative estimate of drug-likeness (QED) is 0.118. The molecule has 2 aromatic carbocycles. The monoisotopic (exact) mass is 716 g/mol. The van der Waals surface area contributed by atoms with Gasteiger partial charge in [-0.05, 0) is 79.7 Å². The fourth-order valence-corrected chi connectivity index (χ4v) is 6.11. The van der Waals surface area contributed by atoms with Crippen LogP contribution < -0.4 is 20.7 Å². The molecular formula is C38H44N4O8S. The lowest BCUT2D eigenvalue weighted by Gasteiger charge is -2.19. The van der Waals surface area contributed by atoms with Crippen molar-refractivity contribution in [3.63, 3.8) is 0 Å². The number of methoxy groups -OCH3 is 2. The molecule has 0 radical (unpaired) electrons. The van der Waals surface area contributed by atoms with Gasteiger partial charge in [0.2, 0.25) is 0 Å². The summed E-state index contributed by atoms with van der Waals surface area (Å²) < 4.78 is 21.5. The molecule has 0 saturated heterocycles. The van der Waals surface area contributed by atoms with Crippen LogP contribution in [0.15, 0.2) is 60.0 Å². The summed E-state index contributed by atoms with van der Waals surface area (Å²) in [5, 5.41) is 10.4. The zero-order valence-electron chi connectivity index (χ0n) is 29.9. The number of esters is 1. The van der Waals surface area contributed by atoms with Crippen molar-refractivity contribution in [2.24, 2.45) is 0 Å². The molecular weight excluding hydrogens is 673 g/mol. The molecule has 51 heavy (non-hydrogen) atoms. The van der Waals surface area contributed by atoms with E-state index in [0.29, 0.717) is 36.6 Å². The van der Waals surface area contributed by atoms with Crippen LogP contribution in [0.1, 0.15) is 77.1 Å². The number of benzene rings is 2. The molecule has 0 bridgehead atoms. The van der Waals surface area contributed by atoms with E-state index in [1.807, 2.05) is 25.3 Å². The molecule has 1 aliphatic rings. The smallest absolute Gasteiger partial charge is 0.407 e. The topological polar surface area (TPSA) is 154 Å². The van der Waals surface area contributed by atoms with E-state index in [0.717, 1.165) is 21.6 Å². The van der Waals surface area contributed by atoms with E-state index in [4.69, 9.17) is 18.9 Å². The number of thiophene rings is 1. The van der Waals surface area contributed by atoms with Crippen molar-refractivity contribution in [1.82, 2.24) is 15.6 Å². The van der Waals surface area contributed by atoms with Crippen molar-refractivity contribution in [3.8, 4) is 27.3 Å². The van der Waals surface area contributed by atoms with Crippen molar-refractivity contribution in [1.29, 1.82) is 0 Å². The number of aromatic nitrogens is 1. The zero-order valence-corrected chi connectivity index (χ0v) is 30.7. The van der Waals surface area contributed by atoms with E-state index >= 15 is 0 Å². The van der Waals surface area contributed by atoms with Gasteiger partial charge in [0.1, 0.15) is 17.0 Å². The number of amides is 3. The Labute approximate surface area is 301 Å². The largest absolute Gasteiger partial charge is 0.493 e. The van der Waals surface area contributed by atoms with Gasteiger partial charge in [-0.2, -0.15) is 0 Å². The number of nitrogens with one attached hydrogen (secondary N) is 3. The number of pyridine rings is 1. The molecule has 1 aliphatic heterocycles. The number of carbonyl (C=O) groups is 4. The summed E-state index contributed by atoms with van der Waals surface area (Å²) in [4.78, 5) is 57.4. The predicted octanol–water partition coefficient (Wildman–Crippen LogP) is 6.88. The molecule has 13 heteroatoms. The van der Waals surface area contributed by atoms with Crippen LogP contribution in [0.2, 0.25) is 0 Å². The maximum absolute atomic E-state index is 14.1. The van der Waals surface area contributed by atoms with E-state index < -0.39 is 29.5 Å². The number of anilines is 1. The molecule has 4 aromatic rings. The highest BCUT2D eigenvalue weighted by Crippen LogP contribution is 2.43. The zero-order chi connectivity index (χ0) is 37.1. The van der Waals surface area contributed by atoms with Gasteiger partial charge in [0.05, 0.1) is 20.3 Å². The molecule has 5 rings (SSSR count). The number of rotatable bonds is 10. The Balaban J connectivity index is 0.00000286. The molecule has 2 aromatic heterocycles. The van der Waals surface area contributed by atoms with E-state index in [9.17, 15) is 19.2 Å². The first-order valence-electron chi connectivity index (χ1n) is 16.6. The van der Waals surface area contributed by atoms with E-state index in [-0.39, 0.29) is 35.6 Å². The first-order chi connectivity index (χ1) is 24.5. The Morgan fingerprint density at radius 1 is 0.902 bits per heavy atom. The number of carbonyl (C=O) groups excluding carboxylic acids is 4. The van der Waals surface area contributed by atoms with Gasteiger partial charge >= 0.3 is 12.1 Å². The average Bonchev–Trinajstić information content (AvgIpc) is 3.52. The van der Waals surface area contributed by atoms with Gasteiger partial charge in [-0.15, -0.1) is 11.3 Å². The first kappa shape index (κ1) is 38.5. The first-order valence-corrected chi connectivity index (χ1v) is 17.5. The highest BCUT2D eigenvalue weighted by Gasteiger charge is 2.27. The van der Waals surface area contributed by atoms with Gasteiger partial charge in [0.25, 0.3) is 11.8 Å². The third kappa shape index (κ3) is 9.92. The van der Waals surface area contributed by atoms with Crippen LogP contribution >= 0.6 is 11.3 Å². The van der Waals surface area contributed by atoms with Crippen molar-refractivity contribution >= 4 is 40.9 Å². The van der Waals surface area contributed by atoms with Crippen LogP contribution in [-0.4, -0.2) is 68.4 Å². The highest BCUT2D eigenvalue weighted by atomic mass is 32.1. The summed E-state index contributed by atoms with van der Waals surface area (Å²) in [5.74, 6) is -1.17. The van der Waals surface area contributed by atoms with Crippen molar-refractivity contribution in [3.05, 3.63) is 88.1 Å². The summed E-state index contributed by atoms with van der Waals surface area (Å²) in [6, 6.07) is 15.6. The maximum atomic E-state index is 14.1. The SMILES string of the molecule is CC.COCCNC(=O)c1ccc(-c2cc3c(cc2C(=O)Nc2ccc(CNC(=O)OC(C)(C)C)cc2)-c2sccc2CCO3)c(C(=O)OC)n1. The van der Waals surface area contributed by atoms with Gasteiger partial charge in [0.15, 0.2) is 5.69 Å². The van der Waals surface area contributed by atoms with Crippen molar-refractivity contribution < 1.29 is 38.1 Å². The molecule has 3 N–H and O–H groups in total. The molecule has 12 nitrogen and oxygen atoms in total. The fourth-order valence-electron chi connectivity index (χ4n) is 5.13. The van der Waals surface area contributed by atoms with Gasteiger partial charge in [-0.3, -0.25) is 9.59 Å². The van der Waals surface area contributed by atoms with Gasteiger partial charge in [0, 0.05) is 59.4 Å². The molecule has 270 valence electrons. The normalized spacial score (nSPS) is 11.7. The lowest BCUT2D eigenvalue weighted by Crippen LogP contribution is -2.32. The number of alkyl carbamates (subject to hydrolysis) is 1. The summed E-state index contributed by atoms with van der Waals surface area (Å²) in [7, 11) is 2.74. The number of fused-ring (bicyclic) bond motifs is 3. The van der Waals surface area contributed by atoms with Crippen molar-refractivity contribution in [2.75, 3.05) is 39.3 Å². The number of hydrogen-bond donors (Lipinski definition) is 3. The molecule has 0 saturated carbocycles. The second-order valence-corrected chi connectivity index (χ2v) is 13.0. The molecule has 0 atom stereocenters. The highest BCUT2D eigenvalue weighted by molar-refractivity contribution is 7.13. The summed E-state index contributed by atoms with van der Waals surface area (Å²) >= 11 is 1.55. The molecule has 0 aliphatic carbocycles. The summed E-state index contributed by atoms with van der Waals surface area (Å²) in [5.41, 5.74) is 3.34. The minimum atomic E-state index is -0.778. The van der Waals surface area contributed by atoms with Gasteiger partial charge in [-0.25, -0.2) is 14.6 Å². The standard InChI is InChI=1S/C36H38N4O8S.C2H6/c1-36(2,3)48-35(44)38-20-21-6-8-23(9-7-21)39-32(41)26-18-27-29(47-15-12-22-13-17-49-31(22)27)19-25(26)24-10-11-28(33(42)37-14-16-45-4)40-30(24)34(43)46-5;1-2/h6-11,13,17-19H,12,14-16,20H2,1-5H3,(H,37,42)(H,38,44)(H,39,41);1-2H3. The summed E-state index contributed by atoms with van der Waals surface area (Å²) in [6.07, 6.45) is 0.167. The third-order valence-electron chi connectivity index (χ3n) is 7.42. The van der Waals surface area contributed by atoms with E-state index in [2.05, 4.69) is 20.9 Å². The van der Waals surface area contributed by atoms with Crippen LogP contribution in [0.4, 0.5) is 10.5 Å². The molecule has 3 amide bonds. The van der Waals surface area contributed by atoms with Crippen LogP contribution in [0.3, 0.4) is 0 Å². The van der Waals surface area contributed by atoms with Crippen LogP contribution in [0.5, 0.6) is 5.75 Å². The minimum absolute atomic E-state index is 0.00161. The Morgan fingerprint density at radius 2 is 1.65 bits per heavy atom. The second-order valence-electron chi connectivity index (χ2n) is 12.1. The number of hydrogen-bond acceptors (Lipinski definition) is 10. The van der Waals surface area contributed by atoms with Crippen LogP contribution in [-0.2, 0) is 27.2 Å². The van der Waals surface area contributed by atoms with E-state index in [1.54, 1.807) is 74.6 Å². The summed E-state index contributed by atoms with van der Waals surface area (Å²) in [6.45, 7) is 10.6. The Bertz CT molecular complexity index is 1860. The molecule has 0 spiro atoms. The fraction of sp³-hybridized carbons (Fsp3) is 0.342. The third-order valence-corrected chi connectivity index (χ3v) is 8.41. The van der Waals surface area contributed by atoms with Crippen molar-refractivity contribution in [2.45, 2.75) is 53.2 Å². The lowest BCUT2D eigenvalue weighted by molar-refractivity contribution is 0.0522. The predicted molar refractivity (Wildman–Crippen MR) is 197 cm³/mol. The average molecular weight is 717 g/mol. The Morgan fingerprint density at radius 3 is 2.33 bits per heavy atom. The molecule has 0 fully saturated rings. The minimum Gasteiger partial charge on any atom is -0.493 e. The van der Waals surface area contributed by atoms with Gasteiger partial charge in [-0.1, -0.05) is 26.0 Å². The second kappa shape index (κ2) is 17.6. The van der Waals surface area contributed by atoms with E-state index in [1.165, 1.54) is 20.3 Å². The molecule has 0 unspecified atom stereocenters. The maximum Gasteiger partial charge on any atom is 0.407 e. The molecule has 3 heterocycles. The lowest BCUT2D eigenvalue weighted by atomic mass is 9.93.